The molecule has 0 radical (unpaired) electrons. The van der Waals surface area contributed by atoms with E-state index in [4.69, 9.17) is 9.84 Å². The summed E-state index contributed by atoms with van der Waals surface area (Å²) in [7, 11) is 0. The van der Waals surface area contributed by atoms with Gasteiger partial charge in [0.2, 0.25) is 0 Å². The number of ketones is 1. The van der Waals surface area contributed by atoms with Crippen LogP contribution in [0.3, 0.4) is 0 Å². The van der Waals surface area contributed by atoms with E-state index in [1.54, 1.807) is 0 Å². The molecule has 1 N–H and O–H groups in total. The Morgan fingerprint density at radius 1 is 1.55 bits per heavy atom. The number of Topliss-reactive ketones (excluding diaryl/α,β-unsaturated/α-hetero) is 1. The van der Waals surface area contributed by atoms with Gasteiger partial charge >= 0.3 is 5.97 Å². The lowest BCUT2D eigenvalue weighted by atomic mass is 10.1. The quantitative estimate of drug-likeness (QED) is 0.585. The first-order valence-electron chi connectivity index (χ1n) is 3.30. The lowest BCUT2D eigenvalue weighted by molar-refractivity contribution is -0.147. The van der Waals surface area contributed by atoms with Crippen LogP contribution in [-0.2, 0) is 14.3 Å². The molecular formula is C7H8O4. The van der Waals surface area contributed by atoms with Crippen LogP contribution in [-0.4, -0.2) is 23.5 Å². The van der Waals surface area contributed by atoms with E-state index >= 15 is 0 Å². The molecule has 1 aliphatic rings. The first-order valence-corrected chi connectivity index (χ1v) is 3.30. The summed E-state index contributed by atoms with van der Waals surface area (Å²) in [5, 5.41) is 8.29. The third-order valence-corrected chi connectivity index (χ3v) is 1.42. The largest absolute Gasteiger partial charge is 0.501 e. The second-order valence-electron chi connectivity index (χ2n) is 2.25. The predicted molar refractivity (Wildman–Crippen MR) is 35.9 cm³/mol. The van der Waals surface area contributed by atoms with Crippen molar-refractivity contribution in [2.24, 2.45) is 0 Å². The van der Waals surface area contributed by atoms with Crippen molar-refractivity contribution in [3.8, 4) is 0 Å². The zero-order valence-electron chi connectivity index (χ0n) is 5.87. The third kappa shape index (κ3) is 1.80. The van der Waals surface area contributed by atoms with Crippen LogP contribution in [0.15, 0.2) is 11.8 Å². The van der Waals surface area contributed by atoms with E-state index in [1.165, 1.54) is 6.26 Å². The van der Waals surface area contributed by atoms with Gasteiger partial charge in [0.05, 0.1) is 12.9 Å². The smallest absolute Gasteiger partial charge is 0.377 e. The van der Waals surface area contributed by atoms with Gasteiger partial charge in [-0.25, -0.2) is 4.79 Å². The third-order valence-electron chi connectivity index (χ3n) is 1.42. The van der Waals surface area contributed by atoms with Gasteiger partial charge in [0.15, 0.2) is 0 Å². The SMILES string of the molecule is O=C(O)C(=O)C1=COCCC1. The van der Waals surface area contributed by atoms with Crippen LogP contribution in [0.2, 0.25) is 0 Å². The zero-order valence-corrected chi connectivity index (χ0v) is 5.87. The molecule has 0 atom stereocenters. The number of hydrogen-bond acceptors (Lipinski definition) is 3. The van der Waals surface area contributed by atoms with Crippen LogP contribution >= 0.6 is 0 Å². The highest BCUT2D eigenvalue weighted by Gasteiger charge is 2.19. The predicted octanol–water partition coefficient (Wildman–Crippen LogP) is 0.334. The van der Waals surface area contributed by atoms with Crippen LogP contribution < -0.4 is 0 Å². The number of carbonyl (C=O) groups excluding carboxylic acids is 1. The number of ether oxygens (including phenoxy) is 1. The highest BCUT2D eigenvalue weighted by molar-refractivity contribution is 6.39. The number of carboxylic acids is 1. The van der Waals surface area contributed by atoms with Gasteiger partial charge in [-0.1, -0.05) is 0 Å². The van der Waals surface area contributed by atoms with Gasteiger partial charge in [0.1, 0.15) is 0 Å². The molecule has 0 amide bonds. The van der Waals surface area contributed by atoms with E-state index in [-0.39, 0.29) is 5.57 Å². The summed E-state index contributed by atoms with van der Waals surface area (Å²) >= 11 is 0. The molecule has 4 nitrogen and oxygen atoms in total. The maximum atomic E-state index is 10.8. The molecule has 4 heteroatoms. The van der Waals surface area contributed by atoms with Gasteiger partial charge in [-0.3, -0.25) is 4.79 Å². The lowest BCUT2D eigenvalue weighted by Crippen LogP contribution is -2.17. The van der Waals surface area contributed by atoms with E-state index in [1.807, 2.05) is 0 Å². The molecule has 0 aliphatic carbocycles. The number of carboxylic acid groups (broad SMARTS) is 1. The van der Waals surface area contributed by atoms with Crippen molar-refractivity contribution >= 4 is 11.8 Å². The minimum atomic E-state index is -1.42. The van der Waals surface area contributed by atoms with Gasteiger partial charge in [0.25, 0.3) is 5.78 Å². The van der Waals surface area contributed by atoms with Crippen molar-refractivity contribution in [1.82, 2.24) is 0 Å². The monoisotopic (exact) mass is 156 g/mol. The van der Waals surface area contributed by atoms with Crippen LogP contribution in [0.25, 0.3) is 0 Å². The molecule has 0 bridgehead atoms. The number of hydrogen-bond donors (Lipinski definition) is 1. The van der Waals surface area contributed by atoms with Gasteiger partial charge in [-0.05, 0) is 12.8 Å². The normalized spacial score (nSPS) is 16.5. The fourth-order valence-corrected chi connectivity index (χ4v) is 0.869. The van der Waals surface area contributed by atoms with Crippen molar-refractivity contribution in [3.63, 3.8) is 0 Å². The minimum Gasteiger partial charge on any atom is -0.501 e. The molecule has 0 spiro atoms. The molecule has 0 aromatic rings. The molecule has 1 heterocycles. The van der Waals surface area contributed by atoms with E-state index in [0.717, 1.165) is 0 Å². The Hall–Kier alpha value is -1.32. The van der Waals surface area contributed by atoms with Crippen molar-refractivity contribution in [2.45, 2.75) is 12.8 Å². The summed E-state index contributed by atoms with van der Waals surface area (Å²) in [5.74, 6) is -2.27. The number of rotatable bonds is 2. The molecule has 60 valence electrons. The van der Waals surface area contributed by atoms with Gasteiger partial charge in [-0.2, -0.15) is 0 Å². The summed E-state index contributed by atoms with van der Waals surface area (Å²) < 4.78 is 4.81. The Balaban J connectivity index is 2.66. The van der Waals surface area contributed by atoms with Crippen LogP contribution in [0.4, 0.5) is 0 Å². The molecule has 0 saturated carbocycles. The standard InChI is InChI=1S/C7H8O4/c8-6(7(9)10)5-2-1-3-11-4-5/h4H,1-3H2,(H,9,10). The first-order chi connectivity index (χ1) is 5.22. The summed E-state index contributed by atoms with van der Waals surface area (Å²) in [6, 6.07) is 0. The zero-order chi connectivity index (χ0) is 8.27. The second kappa shape index (κ2) is 3.18. The van der Waals surface area contributed by atoms with Crippen LogP contribution in [0.5, 0.6) is 0 Å². The van der Waals surface area contributed by atoms with E-state index in [2.05, 4.69) is 0 Å². The van der Waals surface area contributed by atoms with E-state index in [9.17, 15) is 9.59 Å². The van der Waals surface area contributed by atoms with Crippen molar-refractivity contribution < 1.29 is 19.4 Å². The van der Waals surface area contributed by atoms with Crippen LogP contribution in [0.1, 0.15) is 12.8 Å². The van der Waals surface area contributed by atoms with Gasteiger partial charge in [-0.15, -0.1) is 0 Å². The highest BCUT2D eigenvalue weighted by atomic mass is 16.5. The van der Waals surface area contributed by atoms with Crippen molar-refractivity contribution in [3.05, 3.63) is 11.8 Å². The second-order valence-corrected chi connectivity index (χ2v) is 2.25. The molecule has 11 heavy (non-hydrogen) atoms. The maximum absolute atomic E-state index is 10.8. The molecule has 0 fully saturated rings. The van der Waals surface area contributed by atoms with Gasteiger partial charge in [0, 0.05) is 5.57 Å². The topological polar surface area (TPSA) is 63.6 Å². The van der Waals surface area contributed by atoms with Crippen LogP contribution in [0, 0.1) is 0 Å². The molecule has 0 aromatic heterocycles. The summed E-state index contributed by atoms with van der Waals surface area (Å²) in [6.07, 6.45) is 2.45. The van der Waals surface area contributed by atoms with Gasteiger partial charge < -0.3 is 9.84 Å². The van der Waals surface area contributed by atoms with E-state index < -0.39 is 11.8 Å². The lowest BCUT2D eigenvalue weighted by Gasteiger charge is -2.09. The highest BCUT2D eigenvalue weighted by Crippen LogP contribution is 2.12. The first kappa shape index (κ1) is 7.78. The average Bonchev–Trinajstić information content (AvgIpc) is 2.05. The fourth-order valence-electron chi connectivity index (χ4n) is 0.869. The minimum absolute atomic E-state index is 0.253. The maximum Gasteiger partial charge on any atom is 0.377 e. The molecule has 1 aliphatic heterocycles. The Morgan fingerprint density at radius 3 is 2.73 bits per heavy atom. The summed E-state index contributed by atoms with van der Waals surface area (Å²) in [6.45, 7) is 0.566. The molecule has 0 saturated heterocycles. The molecule has 1 rings (SSSR count). The summed E-state index contributed by atoms with van der Waals surface area (Å²) in [4.78, 5) is 20.9. The Bertz CT molecular complexity index is 216. The Morgan fingerprint density at radius 2 is 2.27 bits per heavy atom. The fraction of sp³-hybridized carbons (Fsp3) is 0.429. The summed E-state index contributed by atoms with van der Waals surface area (Å²) in [5.41, 5.74) is 0.253. The van der Waals surface area contributed by atoms with Crippen molar-refractivity contribution in [2.75, 3.05) is 6.61 Å². The Kier molecular flexibility index (Phi) is 2.25. The number of aliphatic carboxylic acids is 1. The van der Waals surface area contributed by atoms with E-state index in [0.29, 0.717) is 19.4 Å². The number of carbonyl (C=O) groups is 2. The average molecular weight is 156 g/mol. The molecule has 0 unspecified atom stereocenters. The van der Waals surface area contributed by atoms with Crippen molar-refractivity contribution in [1.29, 1.82) is 0 Å². The Labute approximate surface area is 63.5 Å². The molecular weight excluding hydrogens is 148 g/mol. The molecule has 0 aromatic carbocycles.